The fourth-order valence-electron chi connectivity index (χ4n) is 2.80. The highest BCUT2D eigenvalue weighted by Crippen LogP contribution is 2.26. The van der Waals surface area contributed by atoms with Crippen LogP contribution in [0.3, 0.4) is 0 Å². The van der Waals surface area contributed by atoms with Gasteiger partial charge in [-0.3, -0.25) is 4.57 Å². The molecule has 0 bridgehead atoms. The molecule has 20 heavy (non-hydrogen) atoms. The molecule has 1 N–H and O–H groups in total. The fraction of sp³-hybridized carbons (Fsp3) is 0.462. The summed E-state index contributed by atoms with van der Waals surface area (Å²) in [6, 6.07) is 5.40. The Morgan fingerprint density at radius 2 is 2.25 bits per heavy atom. The Labute approximate surface area is 116 Å². The van der Waals surface area contributed by atoms with E-state index in [9.17, 15) is 13.2 Å². The standard InChI is InChI=1S/C13H16N2O4S/c1-19-11-4-2-3-10-12(11)15(13(16)14-10)7-9-5-6-20(17,18)8-9/h2-4,9H,5-8H2,1H3,(H,14,16). The molecule has 1 aliphatic rings. The van der Waals surface area contributed by atoms with Crippen LogP contribution in [-0.2, 0) is 16.4 Å². The van der Waals surface area contributed by atoms with Crippen molar-refractivity contribution in [3.05, 3.63) is 28.7 Å². The van der Waals surface area contributed by atoms with E-state index >= 15 is 0 Å². The lowest BCUT2D eigenvalue weighted by atomic mass is 10.1. The van der Waals surface area contributed by atoms with E-state index in [1.54, 1.807) is 23.8 Å². The number of sulfone groups is 1. The quantitative estimate of drug-likeness (QED) is 0.907. The van der Waals surface area contributed by atoms with Crippen LogP contribution in [0, 0.1) is 5.92 Å². The Morgan fingerprint density at radius 3 is 2.90 bits per heavy atom. The number of aromatic amines is 1. The number of ether oxygens (including phenoxy) is 1. The summed E-state index contributed by atoms with van der Waals surface area (Å²) in [7, 11) is -1.39. The molecule has 108 valence electrons. The molecule has 1 aromatic carbocycles. The second-order valence-corrected chi connectivity index (χ2v) is 7.39. The van der Waals surface area contributed by atoms with Gasteiger partial charge < -0.3 is 9.72 Å². The summed E-state index contributed by atoms with van der Waals surface area (Å²) in [6.07, 6.45) is 0.608. The number of aromatic nitrogens is 2. The molecule has 0 amide bonds. The molecule has 6 nitrogen and oxygen atoms in total. The summed E-state index contributed by atoms with van der Waals surface area (Å²) in [5.74, 6) is 0.969. The highest BCUT2D eigenvalue weighted by Gasteiger charge is 2.29. The normalized spacial score (nSPS) is 21.4. The third kappa shape index (κ3) is 2.22. The number of benzene rings is 1. The summed E-state index contributed by atoms with van der Waals surface area (Å²) in [6.45, 7) is 0.401. The summed E-state index contributed by atoms with van der Waals surface area (Å²) in [5, 5.41) is 0. The summed E-state index contributed by atoms with van der Waals surface area (Å²) in [4.78, 5) is 14.8. The number of nitrogens with zero attached hydrogens (tertiary/aromatic N) is 1. The lowest BCUT2D eigenvalue weighted by molar-refractivity contribution is 0.414. The Kier molecular flexibility index (Phi) is 3.08. The lowest BCUT2D eigenvalue weighted by Crippen LogP contribution is -2.22. The Hall–Kier alpha value is -1.76. The molecule has 0 radical (unpaired) electrons. The van der Waals surface area contributed by atoms with Crippen molar-refractivity contribution in [2.24, 2.45) is 5.92 Å². The van der Waals surface area contributed by atoms with Crippen molar-refractivity contribution in [1.29, 1.82) is 0 Å². The number of para-hydroxylation sites is 1. The highest BCUT2D eigenvalue weighted by molar-refractivity contribution is 7.91. The molecule has 3 rings (SSSR count). The van der Waals surface area contributed by atoms with Crippen LogP contribution in [0.25, 0.3) is 11.0 Å². The SMILES string of the molecule is COc1cccc2[nH]c(=O)n(CC3CCS(=O)(=O)C3)c12. The van der Waals surface area contributed by atoms with E-state index in [0.29, 0.717) is 29.7 Å². The minimum Gasteiger partial charge on any atom is -0.494 e. The van der Waals surface area contributed by atoms with Gasteiger partial charge in [-0.2, -0.15) is 0 Å². The highest BCUT2D eigenvalue weighted by atomic mass is 32.2. The number of rotatable bonds is 3. The molecule has 1 fully saturated rings. The molecule has 1 unspecified atom stereocenters. The van der Waals surface area contributed by atoms with Crippen LogP contribution in [0.1, 0.15) is 6.42 Å². The first-order valence-electron chi connectivity index (χ1n) is 6.46. The average molecular weight is 296 g/mol. The van der Waals surface area contributed by atoms with Crippen LogP contribution in [0.15, 0.2) is 23.0 Å². The van der Waals surface area contributed by atoms with E-state index in [4.69, 9.17) is 4.74 Å². The maximum absolute atomic E-state index is 12.1. The summed E-state index contributed by atoms with van der Waals surface area (Å²) < 4.78 is 29.9. The molecule has 1 aromatic heterocycles. The molecule has 1 saturated heterocycles. The van der Waals surface area contributed by atoms with Crippen molar-refractivity contribution < 1.29 is 13.2 Å². The summed E-state index contributed by atoms with van der Waals surface area (Å²) >= 11 is 0. The van der Waals surface area contributed by atoms with Gasteiger partial charge >= 0.3 is 5.69 Å². The van der Waals surface area contributed by atoms with E-state index in [1.165, 1.54) is 0 Å². The maximum atomic E-state index is 12.1. The third-order valence-electron chi connectivity index (χ3n) is 3.74. The van der Waals surface area contributed by atoms with Crippen molar-refractivity contribution in [2.75, 3.05) is 18.6 Å². The van der Waals surface area contributed by atoms with Gasteiger partial charge in [0.15, 0.2) is 9.84 Å². The van der Waals surface area contributed by atoms with Crippen LogP contribution >= 0.6 is 0 Å². The second kappa shape index (κ2) is 4.66. The molecule has 2 heterocycles. The van der Waals surface area contributed by atoms with Crippen LogP contribution < -0.4 is 10.4 Å². The van der Waals surface area contributed by atoms with E-state index < -0.39 is 9.84 Å². The van der Waals surface area contributed by atoms with Crippen LogP contribution in [-0.4, -0.2) is 36.6 Å². The third-order valence-corrected chi connectivity index (χ3v) is 5.58. The number of imidazole rings is 1. The number of methoxy groups -OCH3 is 1. The Bertz CT molecular complexity index is 803. The fourth-order valence-corrected chi connectivity index (χ4v) is 4.65. The lowest BCUT2D eigenvalue weighted by Gasteiger charge is -2.10. The second-order valence-electron chi connectivity index (χ2n) is 5.17. The van der Waals surface area contributed by atoms with Crippen molar-refractivity contribution in [3.8, 4) is 5.75 Å². The molecule has 7 heteroatoms. The van der Waals surface area contributed by atoms with Gasteiger partial charge in [0.1, 0.15) is 11.3 Å². The van der Waals surface area contributed by atoms with Gasteiger partial charge in [-0.15, -0.1) is 0 Å². The van der Waals surface area contributed by atoms with Crippen molar-refractivity contribution in [3.63, 3.8) is 0 Å². The van der Waals surface area contributed by atoms with Gasteiger partial charge in [-0.05, 0) is 24.5 Å². The van der Waals surface area contributed by atoms with Gasteiger partial charge in [0.25, 0.3) is 0 Å². The zero-order valence-corrected chi connectivity index (χ0v) is 11.9. The maximum Gasteiger partial charge on any atom is 0.326 e. The zero-order chi connectivity index (χ0) is 14.3. The molecule has 0 spiro atoms. The molecule has 1 aliphatic heterocycles. The first-order chi connectivity index (χ1) is 9.50. The first-order valence-corrected chi connectivity index (χ1v) is 8.28. The zero-order valence-electron chi connectivity index (χ0n) is 11.1. The Morgan fingerprint density at radius 1 is 1.45 bits per heavy atom. The van der Waals surface area contributed by atoms with Crippen molar-refractivity contribution >= 4 is 20.9 Å². The smallest absolute Gasteiger partial charge is 0.326 e. The molecule has 1 atom stereocenters. The molecular formula is C13H16N2O4S. The van der Waals surface area contributed by atoms with Gasteiger partial charge in [0, 0.05) is 6.54 Å². The first kappa shape index (κ1) is 13.2. The number of nitrogens with one attached hydrogen (secondary N) is 1. The van der Waals surface area contributed by atoms with Gasteiger partial charge in [0.05, 0.1) is 24.1 Å². The number of hydrogen-bond acceptors (Lipinski definition) is 4. The largest absolute Gasteiger partial charge is 0.494 e. The van der Waals surface area contributed by atoms with E-state index in [-0.39, 0.29) is 23.1 Å². The van der Waals surface area contributed by atoms with Crippen LogP contribution in [0.5, 0.6) is 5.75 Å². The van der Waals surface area contributed by atoms with E-state index in [1.807, 2.05) is 6.07 Å². The van der Waals surface area contributed by atoms with Crippen molar-refractivity contribution in [1.82, 2.24) is 9.55 Å². The van der Waals surface area contributed by atoms with Crippen molar-refractivity contribution in [2.45, 2.75) is 13.0 Å². The monoisotopic (exact) mass is 296 g/mol. The molecular weight excluding hydrogens is 280 g/mol. The molecule has 2 aromatic rings. The predicted octanol–water partition coefficient (Wildman–Crippen LogP) is 0.773. The van der Waals surface area contributed by atoms with E-state index in [2.05, 4.69) is 4.98 Å². The van der Waals surface area contributed by atoms with E-state index in [0.717, 1.165) is 0 Å². The number of fused-ring (bicyclic) bond motifs is 1. The van der Waals surface area contributed by atoms with Crippen LogP contribution in [0.2, 0.25) is 0 Å². The number of hydrogen-bond donors (Lipinski definition) is 1. The predicted molar refractivity (Wildman–Crippen MR) is 75.9 cm³/mol. The minimum atomic E-state index is -2.94. The molecule has 0 aliphatic carbocycles. The van der Waals surface area contributed by atoms with Gasteiger partial charge in [-0.25, -0.2) is 13.2 Å². The van der Waals surface area contributed by atoms with Crippen LogP contribution in [0.4, 0.5) is 0 Å². The van der Waals surface area contributed by atoms with Gasteiger partial charge in [0.2, 0.25) is 0 Å². The van der Waals surface area contributed by atoms with Gasteiger partial charge in [-0.1, -0.05) is 6.07 Å². The molecule has 0 saturated carbocycles. The topological polar surface area (TPSA) is 81.2 Å². The minimum absolute atomic E-state index is 0.0124. The summed E-state index contributed by atoms with van der Waals surface area (Å²) in [5.41, 5.74) is 1.17. The Balaban J connectivity index is 2.03. The average Bonchev–Trinajstić information content (AvgIpc) is 2.90. The number of H-pyrrole nitrogens is 1.